The molecule has 0 saturated heterocycles. The van der Waals surface area contributed by atoms with Crippen molar-refractivity contribution in [2.45, 2.75) is 0 Å². The lowest BCUT2D eigenvalue weighted by Crippen LogP contribution is -2.08. The summed E-state index contributed by atoms with van der Waals surface area (Å²) < 4.78 is 0. The summed E-state index contributed by atoms with van der Waals surface area (Å²) in [6.45, 7) is 0. The van der Waals surface area contributed by atoms with Gasteiger partial charge in [-0.1, -0.05) is 41.1 Å². The quantitative estimate of drug-likeness (QED) is 0.785. The first-order valence-corrected chi connectivity index (χ1v) is 6.70. The van der Waals surface area contributed by atoms with Crippen LogP contribution < -0.4 is 10.9 Å². The zero-order valence-electron chi connectivity index (χ0n) is 9.63. The molecule has 0 amide bonds. The fourth-order valence-corrected chi connectivity index (χ4v) is 2.63. The summed E-state index contributed by atoms with van der Waals surface area (Å²) in [5.41, 5.74) is 0.543. The first-order valence-electron chi connectivity index (χ1n) is 5.51. The third-order valence-corrected chi connectivity index (χ3v) is 3.58. The summed E-state index contributed by atoms with van der Waals surface area (Å²) in [5, 5.41) is 4.47. The van der Waals surface area contributed by atoms with E-state index >= 15 is 0 Å². The van der Waals surface area contributed by atoms with Gasteiger partial charge in [-0.2, -0.15) is 4.98 Å². The van der Waals surface area contributed by atoms with Gasteiger partial charge in [-0.3, -0.25) is 4.79 Å². The molecule has 94 valence electrons. The zero-order chi connectivity index (χ0) is 13.2. The molecule has 0 aliphatic rings. The molecule has 0 spiro atoms. The monoisotopic (exact) mass is 289 g/mol. The Labute approximate surface area is 117 Å². The number of anilines is 2. The molecule has 1 N–H and O–H groups in total. The molecule has 0 aliphatic carbocycles. The first-order chi connectivity index (χ1) is 9.22. The second-order valence-electron chi connectivity index (χ2n) is 3.82. The summed E-state index contributed by atoms with van der Waals surface area (Å²) in [7, 11) is 0. The number of para-hydroxylation sites is 1. The number of nitrogens with one attached hydrogen (secondary N) is 1. The van der Waals surface area contributed by atoms with Gasteiger partial charge in [0, 0.05) is 11.9 Å². The van der Waals surface area contributed by atoms with Crippen molar-refractivity contribution >= 4 is 44.0 Å². The fourth-order valence-electron chi connectivity index (χ4n) is 1.63. The largest absolute Gasteiger partial charge is 0.331 e. The van der Waals surface area contributed by atoms with Crippen molar-refractivity contribution in [3.63, 3.8) is 0 Å². The SMILES string of the molecule is O=c1nc(Nc2ccccc2)sc2ncc(Cl)cc12. The number of hydrogen-bond donors (Lipinski definition) is 1. The standard InChI is InChI=1S/C13H8ClN3OS/c14-8-6-10-11(18)17-13(19-12(10)15-7-8)16-9-4-2-1-3-5-9/h1-7H,(H,16,17,18). The van der Waals surface area contributed by atoms with Crippen LogP contribution in [0.1, 0.15) is 0 Å². The van der Waals surface area contributed by atoms with E-state index in [1.165, 1.54) is 17.5 Å². The highest BCUT2D eigenvalue weighted by atomic mass is 35.5. The fraction of sp³-hybridized carbons (Fsp3) is 0. The molecule has 6 heteroatoms. The number of aromatic nitrogens is 2. The number of nitrogens with zero attached hydrogens (tertiary/aromatic N) is 2. The van der Waals surface area contributed by atoms with Crippen molar-refractivity contribution in [2.24, 2.45) is 0 Å². The van der Waals surface area contributed by atoms with Crippen LogP contribution in [0.4, 0.5) is 10.8 Å². The van der Waals surface area contributed by atoms with Gasteiger partial charge in [0.1, 0.15) is 4.83 Å². The third kappa shape index (κ3) is 2.57. The van der Waals surface area contributed by atoms with E-state index in [0.717, 1.165) is 5.69 Å². The lowest BCUT2D eigenvalue weighted by atomic mass is 10.3. The minimum atomic E-state index is -0.331. The van der Waals surface area contributed by atoms with E-state index < -0.39 is 0 Å². The molecule has 0 unspecified atom stereocenters. The van der Waals surface area contributed by atoms with Gasteiger partial charge in [0.15, 0.2) is 5.13 Å². The lowest BCUT2D eigenvalue weighted by molar-refractivity contribution is 1.29. The maximum Gasteiger partial charge on any atom is 0.282 e. The van der Waals surface area contributed by atoms with Crippen molar-refractivity contribution in [1.82, 2.24) is 9.97 Å². The molecular formula is C13H8ClN3OS. The minimum Gasteiger partial charge on any atom is -0.331 e. The Morgan fingerprint density at radius 3 is 2.79 bits per heavy atom. The second kappa shape index (κ2) is 4.95. The number of hydrogen-bond acceptors (Lipinski definition) is 5. The molecule has 0 radical (unpaired) electrons. The molecular weight excluding hydrogens is 282 g/mol. The van der Waals surface area contributed by atoms with Gasteiger partial charge in [0.25, 0.3) is 5.56 Å². The number of benzene rings is 1. The van der Waals surface area contributed by atoms with E-state index in [2.05, 4.69) is 15.3 Å². The van der Waals surface area contributed by atoms with Crippen LogP contribution in [-0.4, -0.2) is 9.97 Å². The average Bonchev–Trinajstić information content (AvgIpc) is 2.41. The Hall–Kier alpha value is -1.98. The highest BCUT2D eigenvalue weighted by Gasteiger charge is 2.06. The van der Waals surface area contributed by atoms with E-state index in [0.29, 0.717) is 20.4 Å². The number of halogens is 1. The van der Waals surface area contributed by atoms with Crippen molar-refractivity contribution < 1.29 is 0 Å². The first kappa shape index (κ1) is 12.1. The summed E-state index contributed by atoms with van der Waals surface area (Å²) in [4.78, 5) is 20.7. The molecule has 19 heavy (non-hydrogen) atoms. The van der Waals surface area contributed by atoms with Crippen LogP contribution in [0.5, 0.6) is 0 Å². The van der Waals surface area contributed by atoms with E-state index in [9.17, 15) is 4.79 Å². The van der Waals surface area contributed by atoms with Crippen LogP contribution in [0.2, 0.25) is 5.02 Å². The van der Waals surface area contributed by atoms with Crippen LogP contribution in [0, 0.1) is 0 Å². The third-order valence-electron chi connectivity index (χ3n) is 2.47. The Bertz CT molecular complexity index is 789. The molecule has 4 nitrogen and oxygen atoms in total. The normalized spacial score (nSPS) is 10.6. The molecule has 2 heterocycles. The van der Waals surface area contributed by atoms with Crippen molar-refractivity contribution in [1.29, 1.82) is 0 Å². The molecule has 0 aliphatic heterocycles. The van der Waals surface area contributed by atoms with E-state index in [-0.39, 0.29) is 5.56 Å². The van der Waals surface area contributed by atoms with Gasteiger partial charge < -0.3 is 5.32 Å². The molecule has 0 fully saturated rings. The van der Waals surface area contributed by atoms with E-state index in [1.54, 1.807) is 6.07 Å². The van der Waals surface area contributed by atoms with Gasteiger partial charge in [0.05, 0.1) is 10.4 Å². The summed E-state index contributed by atoms with van der Waals surface area (Å²) >= 11 is 7.13. The van der Waals surface area contributed by atoms with Gasteiger partial charge in [0.2, 0.25) is 0 Å². The van der Waals surface area contributed by atoms with Gasteiger partial charge >= 0.3 is 0 Å². The Morgan fingerprint density at radius 1 is 1.21 bits per heavy atom. The lowest BCUT2D eigenvalue weighted by Gasteiger charge is -2.04. The predicted molar refractivity (Wildman–Crippen MR) is 78.4 cm³/mol. The van der Waals surface area contributed by atoms with Crippen LogP contribution in [-0.2, 0) is 0 Å². The average molecular weight is 290 g/mol. The second-order valence-corrected chi connectivity index (χ2v) is 5.24. The number of fused-ring (bicyclic) bond motifs is 1. The van der Waals surface area contributed by atoms with Gasteiger partial charge in [-0.25, -0.2) is 4.98 Å². The van der Waals surface area contributed by atoms with Crippen LogP contribution >= 0.6 is 22.9 Å². The van der Waals surface area contributed by atoms with E-state index in [4.69, 9.17) is 11.6 Å². The van der Waals surface area contributed by atoms with Crippen molar-refractivity contribution in [3.8, 4) is 0 Å². The predicted octanol–water partition coefficient (Wildman–Crippen LogP) is 3.45. The molecule has 1 aromatic carbocycles. The van der Waals surface area contributed by atoms with Crippen molar-refractivity contribution in [3.05, 3.63) is 58.0 Å². The Morgan fingerprint density at radius 2 is 2.00 bits per heavy atom. The topological polar surface area (TPSA) is 54.9 Å². The van der Waals surface area contributed by atoms with Crippen LogP contribution in [0.15, 0.2) is 47.4 Å². The summed E-state index contributed by atoms with van der Waals surface area (Å²) in [5.74, 6) is 0. The number of rotatable bonds is 2. The maximum absolute atomic E-state index is 11.9. The number of pyridine rings is 1. The summed E-state index contributed by atoms with van der Waals surface area (Å²) in [6.07, 6.45) is 1.52. The van der Waals surface area contributed by atoms with Crippen LogP contribution in [0.3, 0.4) is 0 Å². The van der Waals surface area contributed by atoms with Gasteiger partial charge in [-0.15, -0.1) is 0 Å². The molecule has 0 saturated carbocycles. The van der Waals surface area contributed by atoms with Crippen molar-refractivity contribution in [2.75, 3.05) is 5.32 Å². The molecule has 3 aromatic rings. The Balaban J connectivity index is 2.07. The molecule has 0 atom stereocenters. The maximum atomic E-state index is 11.9. The molecule has 3 rings (SSSR count). The summed E-state index contributed by atoms with van der Waals surface area (Å²) in [6, 6.07) is 11.1. The smallest absolute Gasteiger partial charge is 0.282 e. The highest BCUT2D eigenvalue weighted by Crippen LogP contribution is 2.23. The molecule has 0 bridgehead atoms. The Kier molecular flexibility index (Phi) is 3.15. The van der Waals surface area contributed by atoms with E-state index in [1.807, 2.05) is 30.3 Å². The van der Waals surface area contributed by atoms with Gasteiger partial charge in [-0.05, 0) is 18.2 Å². The highest BCUT2D eigenvalue weighted by molar-refractivity contribution is 7.21. The van der Waals surface area contributed by atoms with Crippen LogP contribution in [0.25, 0.3) is 10.2 Å². The minimum absolute atomic E-state index is 0.331. The molecule has 2 aromatic heterocycles. The zero-order valence-corrected chi connectivity index (χ0v) is 11.2.